The lowest BCUT2D eigenvalue weighted by Gasteiger charge is -1.95. The number of aromatic hydroxyl groups is 2. The molecule has 1 aromatic rings. The van der Waals surface area contributed by atoms with Crippen LogP contribution in [-0.4, -0.2) is 15.2 Å². The number of hydrogen-bond acceptors (Lipinski definition) is 3. The Morgan fingerprint density at radius 2 is 2.11 bits per heavy atom. The third-order valence-corrected chi connectivity index (χ3v) is 1.07. The molecule has 0 radical (unpaired) electrons. The van der Waals surface area contributed by atoms with Gasteiger partial charge >= 0.3 is 0 Å². The first kappa shape index (κ1) is 5.88. The van der Waals surface area contributed by atoms with E-state index >= 15 is 0 Å². The average Bonchev–Trinajstić information content (AvgIpc) is 1.80. The Morgan fingerprint density at radius 3 is 2.56 bits per heavy atom. The first-order valence-electron chi connectivity index (χ1n) is 2.55. The van der Waals surface area contributed by atoms with E-state index in [9.17, 15) is 0 Å². The van der Waals surface area contributed by atoms with Crippen LogP contribution in [0.2, 0.25) is 0 Å². The molecule has 0 saturated heterocycles. The maximum absolute atomic E-state index is 8.87. The maximum atomic E-state index is 8.87. The highest BCUT2D eigenvalue weighted by atomic mass is 16.3. The van der Waals surface area contributed by atoms with E-state index in [0.29, 0.717) is 5.56 Å². The monoisotopic (exact) mass is 125 g/mol. The molecule has 2 N–H and O–H groups in total. The predicted octanol–water partition coefficient (Wildman–Crippen LogP) is 0.801. The fourth-order valence-corrected chi connectivity index (χ4v) is 0.534. The highest BCUT2D eigenvalue weighted by Crippen LogP contribution is 2.16. The van der Waals surface area contributed by atoms with Crippen molar-refractivity contribution in [3.63, 3.8) is 0 Å². The SMILES string of the molecule is Cc1cc(O)ncc1O. The topological polar surface area (TPSA) is 53.4 Å². The number of pyridine rings is 1. The minimum absolute atomic E-state index is 0.0645. The van der Waals surface area contributed by atoms with E-state index in [4.69, 9.17) is 10.2 Å². The molecule has 0 aliphatic carbocycles. The second-order valence-corrected chi connectivity index (χ2v) is 1.83. The Labute approximate surface area is 52.6 Å². The smallest absolute Gasteiger partial charge is 0.211 e. The van der Waals surface area contributed by atoms with Gasteiger partial charge in [0.1, 0.15) is 5.75 Å². The van der Waals surface area contributed by atoms with Gasteiger partial charge in [0.05, 0.1) is 6.20 Å². The van der Waals surface area contributed by atoms with Crippen LogP contribution >= 0.6 is 0 Å². The van der Waals surface area contributed by atoms with Gasteiger partial charge in [-0.05, 0) is 12.5 Å². The van der Waals surface area contributed by atoms with E-state index < -0.39 is 0 Å². The molecule has 48 valence electrons. The maximum Gasteiger partial charge on any atom is 0.211 e. The summed E-state index contributed by atoms with van der Waals surface area (Å²) >= 11 is 0. The summed E-state index contributed by atoms with van der Waals surface area (Å²) in [5, 5.41) is 17.6. The van der Waals surface area contributed by atoms with Crippen LogP contribution in [0.5, 0.6) is 11.6 Å². The summed E-state index contributed by atoms with van der Waals surface area (Å²) in [6, 6.07) is 1.40. The first-order chi connectivity index (χ1) is 4.20. The molecule has 1 heterocycles. The molecule has 0 spiro atoms. The molecule has 0 amide bonds. The van der Waals surface area contributed by atoms with Crippen LogP contribution in [-0.2, 0) is 0 Å². The molecule has 1 aromatic heterocycles. The summed E-state index contributed by atoms with van der Waals surface area (Å²) in [5.74, 6) is 0.0399. The Kier molecular flexibility index (Phi) is 1.26. The van der Waals surface area contributed by atoms with Gasteiger partial charge < -0.3 is 10.2 Å². The zero-order chi connectivity index (χ0) is 6.85. The predicted molar refractivity (Wildman–Crippen MR) is 32.3 cm³/mol. The third kappa shape index (κ3) is 1.10. The van der Waals surface area contributed by atoms with Crippen molar-refractivity contribution >= 4 is 0 Å². The molecule has 0 fully saturated rings. The van der Waals surface area contributed by atoms with Crippen molar-refractivity contribution in [3.05, 3.63) is 17.8 Å². The summed E-state index contributed by atoms with van der Waals surface area (Å²) in [4.78, 5) is 3.45. The van der Waals surface area contributed by atoms with Crippen molar-refractivity contribution in [1.82, 2.24) is 4.98 Å². The minimum atomic E-state index is -0.0645. The molecule has 0 bridgehead atoms. The molecule has 0 aromatic carbocycles. The highest BCUT2D eigenvalue weighted by molar-refractivity contribution is 5.31. The molecule has 0 atom stereocenters. The molecule has 0 saturated carbocycles. The second kappa shape index (κ2) is 1.93. The van der Waals surface area contributed by atoms with Crippen LogP contribution in [0, 0.1) is 6.92 Å². The van der Waals surface area contributed by atoms with Crippen molar-refractivity contribution in [2.75, 3.05) is 0 Å². The highest BCUT2D eigenvalue weighted by Gasteiger charge is 1.94. The van der Waals surface area contributed by atoms with Crippen LogP contribution in [0.1, 0.15) is 5.56 Å². The second-order valence-electron chi connectivity index (χ2n) is 1.83. The molecule has 3 nitrogen and oxygen atoms in total. The molecular weight excluding hydrogens is 118 g/mol. The summed E-state index contributed by atoms with van der Waals surface area (Å²) in [6.45, 7) is 1.69. The number of rotatable bonds is 0. The first-order valence-corrected chi connectivity index (χ1v) is 2.55. The zero-order valence-corrected chi connectivity index (χ0v) is 5.00. The van der Waals surface area contributed by atoms with Gasteiger partial charge in [-0.1, -0.05) is 0 Å². The molecule has 3 heteroatoms. The van der Waals surface area contributed by atoms with Crippen LogP contribution in [0.3, 0.4) is 0 Å². The van der Waals surface area contributed by atoms with Gasteiger partial charge in [-0.15, -0.1) is 0 Å². The number of nitrogens with zero attached hydrogens (tertiary/aromatic N) is 1. The summed E-state index contributed by atoms with van der Waals surface area (Å²) in [7, 11) is 0. The Balaban J connectivity index is 3.17. The van der Waals surface area contributed by atoms with Gasteiger partial charge in [-0.3, -0.25) is 0 Å². The summed E-state index contributed by atoms with van der Waals surface area (Å²) in [6.07, 6.45) is 1.21. The zero-order valence-electron chi connectivity index (χ0n) is 5.00. The van der Waals surface area contributed by atoms with E-state index in [0.717, 1.165) is 0 Å². The van der Waals surface area contributed by atoms with Crippen molar-refractivity contribution < 1.29 is 10.2 Å². The van der Waals surface area contributed by atoms with Gasteiger partial charge in [0.25, 0.3) is 0 Å². The van der Waals surface area contributed by atoms with Crippen molar-refractivity contribution in [2.24, 2.45) is 0 Å². The van der Waals surface area contributed by atoms with Crippen LogP contribution < -0.4 is 0 Å². The molecule has 0 unspecified atom stereocenters. The quantitative estimate of drug-likeness (QED) is 0.539. The molecular formula is C6H7NO2. The third-order valence-electron chi connectivity index (χ3n) is 1.07. The van der Waals surface area contributed by atoms with Crippen LogP contribution in [0.4, 0.5) is 0 Å². The van der Waals surface area contributed by atoms with Gasteiger partial charge in [-0.25, -0.2) is 4.98 Å². The Hall–Kier alpha value is -1.25. The van der Waals surface area contributed by atoms with Crippen LogP contribution in [0.25, 0.3) is 0 Å². The van der Waals surface area contributed by atoms with Gasteiger partial charge in [-0.2, -0.15) is 0 Å². The Bertz CT molecular complexity index is 222. The molecule has 1 rings (SSSR count). The molecule has 0 aliphatic heterocycles. The normalized spacial score (nSPS) is 9.44. The van der Waals surface area contributed by atoms with Crippen LogP contribution in [0.15, 0.2) is 12.3 Å². The van der Waals surface area contributed by atoms with E-state index in [1.165, 1.54) is 12.3 Å². The summed E-state index contributed by atoms with van der Waals surface area (Å²) in [5.41, 5.74) is 0.627. The Morgan fingerprint density at radius 1 is 1.44 bits per heavy atom. The lowest BCUT2D eigenvalue weighted by Crippen LogP contribution is -1.76. The fourth-order valence-electron chi connectivity index (χ4n) is 0.534. The standard InChI is InChI=1S/C6H7NO2/c1-4-2-6(9)7-3-5(4)8/h2-3,8H,1H3,(H,7,9). The van der Waals surface area contributed by atoms with E-state index in [2.05, 4.69) is 4.98 Å². The largest absolute Gasteiger partial charge is 0.506 e. The number of aromatic nitrogens is 1. The van der Waals surface area contributed by atoms with Gasteiger partial charge in [0.15, 0.2) is 0 Å². The van der Waals surface area contributed by atoms with Crippen molar-refractivity contribution in [2.45, 2.75) is 6.92 Å². The van der Waals surface area contributed by atoms with Gasteiger partial charge in [0.2, 0.25) is 5.88 Å². The fraction of sp³-hybridized carbons (Fsp3) is 0.167. The molecule has 9 heavy (non-hydrogen) atoms. The van der Waals surface area contributed by atoms with E-state index in [-0.39, 0.29) is 11.6 Å². The summed E-state index contributed by atoms with van der Waals surface area (Å²) < 4.78 is 0. The average molecular weight is 125 g/mol. The molecule has 0 aliphatic rings. The number of aryl methyl sites for hydroxylation is 1. The minimum Gasteiger partial charge on any atom is -0.506 e. The lowest BCUT2D eigenvalue weighted by atomic mass is 10.3. The number of hydrogen-bond donors (Lipinski definition) is 2. The van der Waals surface area contributed by atoms with Gasteiger partial charge in [0, 0.05) is 6.07 Å². The van der Waals surface area contributed by atoms with Crippen molar-refractivity contribution in [3.8, 4) is 11.6 Å². The van der Waals surface area contributed by atoms with Crippen molar-refractivity contribution in [1.29, 1.82) is 0 Å². The van der Waals surface area contributed by atoms with E-state index in [1.807, 2.05) is 0 Å². The van der Waals surface area contributed by atoms with E-state index in [1.54, 1.807) is 6.92 Å². The lowest BCUT2D eigenvalue weighted by molar-refractivity contribution is 0.437.